The van der Waals surface area contributed by atoms with Crippen LogP contribution in [0.25, 0.3) is 0 Å². The molecule has 1 heterocycles. The Bertz CT molecular complexity index is 452. The summed E-state index contributed by atoms with van der Waals surface area (Å²) in [4.78, 5) is 0. The molecule has 0 aromatic carbocycles. The SMILES string of the molecule is CCCCCCCCCCCCCCC=CC[N+]1=C[N+](CCO)(CCCCCl)CC1. The first kappa shape index (κ1) is 27.7. The fourth-order valence-corrected chi connectivity index (χ4v) is 4.72. The molecular formula is C26H51ClN2O+2. The molecule has 0 aromatic heterocycles. The van der Waals surface area contributed by atoms with Gasteiger partial charge in [-0.15, -0.1) is 11.6 Å². The number of rotatable bonds is 21. The lowest BCUT2D eigenvalue weighted by atomic mass is 10.0. The molecule has 1 aliphatic heterocycles. The average Bonchev–Trinajstić information content (AvgIpc) is 3.14. The van der Waals surface area contributed by atoms with Gasteiger partial charge < -0.3 is 5.11 Å². The van der Waals surface area contributed by atoms with Crippen LogP contribution in [0, 0.1) is 0 Å². The molecule has 0 aliphatic carbocycles. The third-order valence-electron chi connectivity index (χ3n) is 6.50. The summed E-state index contributed by atoms with van der Waals surface area (Å²) in [5, 5.41) is 9.46. The van der Waals surface area contributed by atoms with Gasteiger partial charge in [-0.25, -0.2) is 4.48 Å². The van der Waals surface area contributed by atoms with Crippen molar-refractivity contribution in [2.45, 2.75) is 103 Å². The molecule has 0 radical (unpaired) electrons. The van der Waals surface area contributed by atoms with Gasteiger partial charge in [0.1, 0.15) is 13.1 Å². The summed E-state index contributed by atoms with van der Waals surface area (Å²) in [6.45, 7) is 7.73. The zero-order chi connectivity index (χ0) is 21.8. The number of aliphatic hydroxyl groups excluding tert-OH is 1. The van der Waals surface area contributed by atoms with Crippen molar-refractivity contribution in [3.8, 4) is 0 Å². The molecular weight excluding hydrogens is 392 g/mol. The van der Waals surface area contributed by atoms with Gasteiger partial charge in [0.05, 0.1) is 13.2 Å². The summed E-state index contributed by atoms with van der Waals surface area (Å²) in [6, 6.07) is 0. The third-order valence-corrected chi connectivity index (χ3v) is 6.77. The second-order valence-electron chi connectivity index (χ2n) is 9.27. The van der Waals surface area contributed by atoms with Gasteiger partial charge in [0.25, 0.3) is 0 Å². The molecule has 1 N–H and O–H groups in total. The van der Waals surface area contributed by atoms with Crippen LogP contribution in [0.1, 0.15) is 103 Å². The number of hydrogen-bond donors (Lipinski definition) is 1. The van der Waals surface area contributed by atoms with Crippen molar-refractivity contribution in [3.05, 3.63) is 12.2 Å². The molecule has 176 valence electrons. The Hall–Kier alpha value is -0.380. The number of allylic oxidation sites excluding steroid dienone is 1. The van der Waals surface area contributed by atoms with E-state index < -0.39 is 0 Å². The van der Waals surface area contributed by atoms with E-state index >= 15 is 0 Å². The molecule has 0 fully saturated rings. The first-order chi connectivity index (χ1) is 14.8. The van der Waals surface area contributed by atoms with E-state index in [1.807, 2.05) is 0 Å². The maximum Gasteiger partial charge on any atom is 0.327 e. The van der Waals surface area contributed by atoms with E-state index in [2.05, 4.69) is 30.0 Å². The Morgan fingerprint density at radius 3 is 2.07 bits per heavy atom. The molecule has 0 bridgehead atoms. The predicted molar refractivity (Wildman–Crippen MR) is 133 cm³/mol. The summed E-state index contributed by atoms with van der Waals surface area (Å²) in [5.74, 6) is 0.741. The van der Waals surface area contributed by atoms with Crippen LogP contribution in [-0.2, 0) is 0 Å². The minimum absolute atomic E-state index is 0.264. The number of hydrogen-bond acceptors (Lipinski definition) is 1. The second kappa shape index (κ2) is 19.3. The van der Waals surface area contributed by atoms with Crippen LogP contribution in [0.2, 0.25) is 0 Å². The van der Waals surface area contributed by atoms with Crippen molar-refractivity contribution >= 4 is 17.9 Å². The van der Waals surface area contributed by atoms with Crippen LogP contribution in [0.15, 0.2) is 12.2 Å². The van der Waals surface area contributed by atoms with Crippen molar-refractivity contribution in [1.29, 1.82) is 0 Å². The maximum absolute atomic E-state index is 9.46. The van der Waals surface area contributed by atoms with Crippen molar-refractivity contribution in [2.24, 2.45) is 0 Å². The van der Waals surface area contributed by atoms with E-state index in [4.69, 9.17) is 11.6 Å². The van der Waals surface area contributed by atoms with E-state index in [0.29, 0.717) is 0 Å². The maximum atomic E-state index is 9.46. The molecule has 0 saturated carbocycles. The fourth-order valence-electron chi connectivity index (χ4n) is 4.53. The number of halogens is 1. The number of aliphatic hydroxyl groups is 1. The van der Waals surface area contributed by atoms with E-state index in [1.165, 1.54) is 83.5 Å². The highest BCUT2D eigenvalue weighted by molar-refractivity contribution is 6.17. The Labute approximate surface area is 192 Å². The van der Waals surface area contributed by atoms with Crippen LogP contribution in [-0.4, -0.2) is 65.7 Å². The van der Waals surface area contributed by atoms with E-state index in [1.54, 1.807) is 0 Å². The highest BCUT2D eigenvalue weighted by Gasteiger charge is 2.36. The van der Waals surface area contributed by atoms with Crippen molar-refractivity contribution in [3.63, 3.8) is 0 Å². The topological polar surface area (TPSA) is 23.2 Å². The molecule has 1 rings (SSSR count). The van der Waals surface area contributed by atoms with Crippen LogP contribution >= 0.6 is 11.6 Å². The van der Waals surface area contributed by atoms with Crippen LogP contribution < -0.4 is 0 Å². The Kier molecular flexibility index (Phi) is 17.8. The first-order valence-corrected chi connectivity index (χ1v) is 13.6. The lowest BCUT2D eigenvalue weighted by Gasteiger charge is -2.25. The average molecular weight is 443 g/mol. The van der Waals surface area contributed by atoms with Gasteiger partial charge in [0.15, 0.2) is 13.1 Å². The van der Waals surface area contributed by atoms with E-state index in [-0.39, 0.29) is 6.61 Å². The number of quaternary nitrogens is 1. The minimum atomic E-state index is 0.264. The highest BCUT2D eigenvalue weighted by atomic mass is 35.5. The molecule has 0 amide bonds. The summed E-state index contributed by atoms with van der Waals surface area (Å²) in [7, 11) is 0. The quantitative estimate of drug-likeness (QED) is 0.0706. The molecule has 3 nitrogen and oxygen atoms in total. The van der Waals surface area contributed by atoms with Gasteiger partial charge in [-0.3, -0.25) is 0 Å². The highest BCUT2D eigenvalue weighted by Crippen LogP contribution is 2.13. The van der Waals surface area contributed by atoms with E-state index in [0.717, 1.165) is 55.9 Å². The summed E-state index contributed by atoms with van der Waals surface area (Å²) in [5.41, 5.74) is 0. The summed E-state index contributed by atoms with van der Waals surface area (Å²) < 4.78 is 3.36. The lowest BCUT2D eigenvalue weighted by molar-refractivity contribution is -0.831. The Balaban J connectivity index is 2.02. The normalized spacial score (nSPS) is 19.1. The van der Waals surface area contributed by atoms with Gasteiger partial charge >= 0.3 is 6.34 Å². The molecule has 0 spiro atoms. The van der Waals surface area contributed by atoms with Gasteiger partial charge in [-0.2, -0.15) is 4.58 Å². The lowest BCUT2D eigenvalue weighted by Crippen LogP contribution is -2.48. The fraction of sp³-hybridized carbons (Fsp3) is 0.885. The largest absolute Gasteiger partial charge is 0.390 e. The second-order valence-corrected chi connectivity index (χ2v) is 9.65. The van der Waals surface area contributed by atoms with Crippen molar-refractivity contribution < 1.29 is 14.2 Å². The van der Waals surface area contributed by atoms with Crippen LogP contribution in [0.4, 0.5) is 0 Å². The standard InChI is InChI=1S/C26H51ClN2O/c1-2-3-4-5-6-7-8-9-10-11-12-13-14-15-17-20-28-21-23-29(26-28,24-25-30)22-18-16-19-27/h15,17,26,30H,2-14,16,18-25H2,1H3/q+2. The molecule has 1 aliphatic rings. The summed E-state index contributed by atoms with van der Waals surface area (Å²) >= 11 is 5.83. The number of nitrogens with zero attached hydrogens (tertiary/aromatic N) is 2. The van der Waals surface area contributed by atoms with Crippen molar-refractivity contribution in [1.82, 2.24) is 0 Å². The van der Waals surface area contributed by atoms with Crippen LogP contribution in [0.5, 0.6) is 0 Å². The number of unbranched alkanes of at least 4 members (excludes halogenated alkanes) is 13. The Morgan fingerprint density at radius 1 is 0.833 bits per heavy atom. The predicted octanol–water partition coefficient (Wildman–Crippen LogP) is 6.52. The third kappa shape index (κ3) is 13.8. The number of alkyl halides is 1. The minimum Gasteiger partial charge on any atom is -0.390 e. The summed E-state index contributed by atoms with van der Waals surface area (Å²) in [6.07, 6.45) is 27.5. The first-order valence-electron chi connectivity index (χ1n) is 13.0. The molecule has 0 saturated heterocycles. The Morgan fingerprint density at radius 2 is 1.47 bits per heavy atom. The molecule has 1 unspecified atom stereocenters. The molecule has 4 heteroatoms. The van der Waals surface area contributed by atoms with Gasteiger partial charge in [-0.1, -0.05) is 83.6 Å². The van der Waals surface area contributed by atoms with Gasteiger partial charge in [-0.05, 0) is 31.8 Å². The zero-order valence-electron chi connectivity index (χ0n) is 20.0. The van der Waals surface area contributed by atoms with Gasteiger partial charge in [0, 0.05) is 5.88 Å². The van der Waals surface area contributed by atoms with Crippen LogP contribution in [0.3, 0.4) is 0 Å². The smallest absolute Gasteiger partial charge is 0.327 e. The monoisotopic (exact) mass is 442 g/mol. The molecule has 1 atom stereocenters. The van der Waals surface area contributed by atoms with Crippen molar-refractivity contribution in [2.75, 3.05) is 45.2 Å². The molecule has 0 aromatic rings. The van der Waals surface area contributed by atoms with E-state index in [9.17, 15) is 5.11 Å². The van der Waals surface area contributed by atoms with Gasteiger partial charge in [0.2, 0.25) is 0 Å². The molecule has 30 heavy (non-hydrogen) atoms. The zero-order valence-corrected chi connectivity index (χ0v) is 20.8.